The number of ether oxygens (including phenoxy) is 4. The topological polar surface area (TPSA) is 165 Å². The maximum absolute atomic E-state index is 13.4. The van der Waals surface area contributed by atoms with Crippen molar-refractivity contribution in [1.82, 2.24) is 9.55 Å². The molecule has 1 aliphatic rings. The van der Waals surface area contributed by atoms with Crippen molar-refractivity contribution in [1.29, 1.82) is 0 Å². The van der Waals surface area contributed by atoms with Gasteiger partial charge in [0.15, 0.2) is 13.0 Å². The zero-order chi connectivity index (χ0) is 28.0. The molecule has 0 spiro atoms. The Balaban J connectivity index is 2.19. The van der Waals surface area contributed by atoms with Gasteiger partial charge in [0.1, 0.15) is 18.3 Å². The number of nitrogens with zero attached hydrogens (tertiary/aromatic N) is 1. The Bertz CT molecular complexity index is 1100. The first kappa shape index (κ1) is 31.1. The molecule has 0 aliphatic carbocycles. The Hall–Kier alpha value is -2.12. The van der Waals surface area contributed by atoms with Crippen LogP contribution in [0, 0.1) is 10.8 Å². The zero-order valence-electron chi connectivity index (χ0n) is 22.2. The van der Waals surface area contributed by atoms with Crippen LogP contribution in [0.5, 0.6) is 0 Å². The lowest BCUT2D eigenvalue weighted by Gasteiger charge is -2.21. The molecule has 0 amide bonds. The monoisotopic (exact) mass is 548 g/mol. The van der Waals surface area contributed by atoms with Crippen LogP contribution >= 0.6 is 7.60 Å². The van der Waals surface area contributed by atoms with Crippen molar-refractivity contribution in [3.63, 3.8) is 0 Å². The van der Waals surface area contributed by atoms with Crippen molar-refractivity contribution in [2.45, 2.75) is 66.1 Å². The van der Waals surface area contributed by atoms with Crippen LogP contribution in [0.4, 0.5) is 0 Å². The molecule has 2 heterocycles. The molecular weight excluding hydrogens is 511 g/mol. The van der Waals surface area contributed by atoms with Crippen LogP contribution in [0.15, 0.2) is 33.7 Å². The highest BCUT2D eigenvalue weighted by molar-refractivity contribution is 7.57. The maximum atomic E-state index is 13.4. The van der Waals surface area contributed by atoms with Gasteiger partial charge in [-0.25, -0.2) is 4.79 Å². The van der Waals surface area contributed by atoms with Gasteiger partial charge in [0, 0.05) is 25.2 Å². The molecule has 0 aromatic carbocycles. The van der Waals surface area contributed by atoms with E-state index in [-0.39, 0.29) is 12.2 Å². The molecule has 37 heavy (non-hydrogen) atoms. The minimum Gasteiger partial charge on any atom is -0.438 e. The lowest BCUT2D eigenvalue weighted by molar-refractivity contribution is -0.160. The first-order valence-corrected chi connectivity index (χ1v) is 13.2. The second-order valence-electron chi connectivity index (χ2n) is 10.7. The molecule has 0 saturated carbocycles. The minimum atomic E-state index is -4.06. The number of aromatic nitrogens is 2. The molecule has 1 saturated heterocycles. The van der Waals surface area contributed by atoms with E-state index in [0.717, 1.165) is 16.5 Å². The van der Waals surface area contributed by atoms with Crippen LogP contribution in [0.3, 0.4) is 0 Å². The number of hydrogen-bond donors (Lipinski definition) is 2. The summed E-state index contributed by atoms with van der Waals surface area (Å²) in [6.45, 7) is 10.1. The van der Waals surface area contributed by atoms with E-state index >= 15 is 0 Å². The summed E-state index contributed by atoms with van der Waals surface area (Å²) >= 11 is 0. The van der Waals surface area contributed by atoms with Crippen LogP contribution in [-0.2, 0) is 37.4 Å². The highest BCUT2D eigenvalue weighted by atomic mass is 31.2. The molecule has 0 radical (unpaired) electrons. The summed E-state index contributed by atoms with van der Waals surface area (Å²) in [7, 11) is -2.74. The molecule has 210 valence electrons. The quantitative estimate of drug-likeness (QED) is 0.180. The molecule has 1 aromatic rings. The number of aliphatic hydroxyl groups excluding tert-OH is 1. The van der Waals surface area contributed by atoms with Gasteiger partial charge in [0.05, 0.1) is 12.0 Å². The van der Waals surface area contributed by atoms with E-state index in [1.807, 2.05) is 20.8 Å². The van der Waals surface area contributed by atoms with E-state index in [0.29, 0.717) is 6.61 Å². The summed E-state index contributed by atoms with van der Waals surface area (Å²) in [5, 5.41) is 10.7. The number of aliphatic hydroxyl groups is 1. The third-order valence-corrected chi connectivity index (χ3v) is 6.46. The summed E-state index contributed by atoms with van der Waals surface area (Å²) in [5.74, 6) is 0.482. The molecule has 0 bridgehead atoms. The number of carbonyl (C=O) groups excluding carboxylic acids is 1. The molecule has 3 unspecified atom stereocenters. The van der Waals surface area contributed by atoms with Crippen molar-refractivity contribution in [2.24, 2.45) is 10.8 Å². The normalized spacial score (nSPS) is 24.3. The number of methoxy groups -OCH3 is 1. The van der Waals surface area contributed by atoms with E-state index in [4.69, 9.17) is 28.0 Å². The van der Waals surface area contributed by atoms with Gasteiger partial charge >= 0.3 is 19.3 Å². The Kier molecular flexibility index (Phi) is 10.6. The zero-order valence-corrected chi connectivity index (χ0v) is 23.1. The highest BCUT2D eigenvalue weighted by Gasteiger charge is 2.44. The number of aromatic amines is 1. The summed E-state index contributed by atoms with van der Waals surface area (Å²) in [6.07, 6.45) is -2.02. The number of rotatable bonds is 11. The summed E-state index contributed by atoms with van der Waals surface area (Å²) in [4.78, 5) is 37.7. The van der Waals surface area contributed by atoms with E-state index in [2.05, 4.69) is 4.98 Å². The molecule has 13 nitrogen and oxygen atoms in total. The van der Waals surface area contributed by atoms with Crippen LogP contribution in [0.25, 0.3) is 0 Å². The molecule has 5 atom stereocenters. The standard InChI is InChI=1S/C23H37N2O11P/c1-22(2,3)12-32-13-34-37(30,35-14-33-20(28)23(4,5)6)11-9-15-17(27)18(31-7)19(36-15)25-10-8-16(26)24-21(25)29/h8-11,15,17-19,27H,12-14H2,1-7H3,(H,24,26,29)/b11-9+/t15-,17?,18?,19-,37?/m1/s1. The number of H-pyrrole nitrogens is 1. The second kappa shape index (κ2) is 12.6. The Labute approximate surface area is 215 Å². The summed E-state index contributed by atoms with van der Waals surface area (Å²) < 4.78 is 46.6. The van der Waals surface area contributed by atoms with E-state index in [9.17, 15) is 24.1 Å². The molecule has 14 heteroatoms. The van der Waals surface area contributed by atoms with Gasteiger partial charge in [-0.2, -0.15) is 0 Å². The fourth-order valence-electron chi connectivity index (χ4n) is 3.08. The third-order valence-electron chi connectivity index (χ3n) is 4.99. The van der Waals surface area contributed by atoms with Gasteiger partial charge in [-0.05, 0) is 32.3 Å². The van der Waals surface area contributed by atoms with Crippen LogP contribution in [-0.4, -0.2) is 66.2 Å². The molecule has 2 rings (SSSR count). The van der Waals surface area contributed by atoms with Crippen molar-refractivity contribution < 1.29 is 42.5 Å². The van der Waals surface area contributed by atoms with Crippen molar-refractivity contribution in [3.05, 3.63) is 45.0 Å². The molecule has 1 aromatic heterocycles. The van der Waals surface area contributed by atoms with Gasteiger partial charge in [-0.1, -0.05) is 20.8 Å². The van der Waals surface area contributed by atoms with Gasteiger partial charge < -0.3 is 24.1 Å². The van der Waals surface area contributed by atoms with Crippen LogP contribution < -0.4 is 11.2 Å². The Morgan fingerprint density at radius 3 is 2.41 bits per heavy atom. The average Bonchev–Trinajstić information content (AvgIpc) is 3.09. The smallest absolute Gasteiger partial charge is 0.358 e. The number of esters is 1. The fraction of sp³-hybridized carbons (Fsp3) is 0.696. The molecule has 2 N–H and O–H groups in total. The number of hydrogen-bond acceptors (Lipinski definition) is 11. The Morgan fingerprint density at radius 2 is 1.84 bits per heavy atom. The predicted molar refractivity (Wildman–Crippen MR) is 132 cm³/mol. The van der Waals surface area contributed by atoms with Gasteiger partial charge in [0.2, 0.25) is 6.79 Å². The minimum absolute atomic E-state index is 0.169. The summed E-state index contributed by atoms with van der Waals surface area (Å²) in [6, 6.07) is 1.12. The lowest BCUT2D eigenvalue weighted by Crippen LogP contribution is -2.38. The van der Waals surface area contributed by atoms with E-state index in [1.54, 1.807) is 20.8 Å². The predicted octanol–water partition coefficient (Wildman–Crippen LogP) is 2.12. The van der Waals surface area contributed by atoms with E-state index in [1.165, 1.54) is 19.4 Å². The fourth-order valence-corrected chi connectivity index (χ4v) is 4.13. The van der Waals surface area contributed by atoms with E-state index < -0.39 is 61.6 Å². The van der Waals surface area contributed by atoms with Crippen molar-refractivity contribution >= 4 is 13.6 Å². The second-order valence-corrected chi connectivity index (χ2v) is 12.6. The third kappa shape index (κ3) is 9.29. The highest BCUT2D eigenvalue weighted by Crippen LogP contribution is 2.50. The van der Waals surface area contributed by atoms with Crippen LogP contribution in [0.1, 0.15) is 47.8 Å². The average molecular weight is 549 g/mol. The molecular formula is C23H37N2O11P. The number of carbonyl (C=O) groups is 1. The lowest BCUT2D eigenvalue weighted by atomic mass is 9.98. The largest absolute Gasteiger partial charge is 0.438 e. The summed E-state index contributed by atoms with van der Waals surface area (Å²) in [5.41, 5.74) is -2.32. The SMILES string of the molecule is COC1C(O)[C@@H](/C=C/P(=O)(OCOCC(C)(C)C)OCOC(=O)C(C)(C)C)O[C@H]1n1ccc(=O)[nH]c1=O. The van der Waals surface area contributed by atoms with Gasteiger partial charge in [-0.15, -0.1) is 0 Å². The van der Waals surface area contributed by atoms with Crippen molar-refractivity contribution in [2.75, 3.05) is 27.3 Å². The molecule has 1 aliphatic heterocycles. The maximum Gasteiger partial charge on any atom is 0.358 e. The Morgan fingerprint density at radius 1 is 1.19 bits per heavy atom. The van der Waals surface area contributed by atoms with Crippen LogP contribution in [0.2, 0.25) is 0 Å². The molecule has 1 fully saturated rings. The first-order valence-electron chi connectivity index (χ1n) is 11.6. The van der Waals surface area contributed by atoms with Gasteiger partial charge in [0.25, 0.3) is 5.56 Å². The van der Waals surface area contributed by atoms with Gasteiger partial charge in [-0.3, -0.25) is 32.8 Å². The van der Waals surface area contributed by atoms with Crippen molar-refractivity contribution in [3.8, 4) is 0 Å². The number of nitrogens with one attached hydrogen (secondary N) is 1. The first-order chi connectivity index (χ1) is 17.1.